The van der Waals surface area contributed by atoms with E-state index in [2.05, 4.69) is 102 Å². The summed E-state index contributed by atoms with van der Waals surface area (Å²) in [6.07, 6.45) is 7.26. The van der Waals surface area contributed by atoms with E-state index in [-0.39, 0.29) is 6.10 Å². The Hall–Kier alpha value is -1.17. The van der Waals surface area contributed by atoms with Gasteiger partial charge in [0.1, 0.15) is 0 Å². The summed E-state index contributed by atoms with van der Waals surface area (Å²) in [6, 6.07) is 21.3. The third-order valence-corrected chi connectivity index (χ3v) is 9.34. The summed E-state index contributed by atoms with van der Waals surface area (Å²) in [5, 5.41) is 2.53. The number of rotatable bonds is 5. The van der Waals surface area contributed by atoms with Crippen molar-refractivity contribution in [3.8, 4) is 0 Å². The van der Waals surface area contributed by atoms with Crippen LogP contribution in [0.4, 0.5) is 0 Å². The van der Waals surface area contributed by atoms with E-state index in [0.717, 1.165) is 12.8 Å². The summed E-state index contributed by atoms with van der Waals surface area (Å²) in [5.74, 6) is 0. The summed E-state index contributed by atoms with van der Waals surface area (Å²) < 4.78 is 8.28. The molecule has 0 radical (unpaired) electrons. The Balaban J connectivity index is 2.06. The van der Waals surface area contributed by atoms with Crippen LogP contribution in [-0.4, -0.2) is 14.4 Å². The fourth-order valence-electron chi connectivity index (χ4n) is 3.28. The molecule has 1 atom stereocenters. The second-order valence-electron chi connectivity index (χ2n) is 6.15. The van der Waals surface area contributed by atoms with Gasteiger partial charge in [0.05, 0.1) is 6.10 Å². The van der Waals surface area contributed by atoms with E-state index in [4.69, 9.17) is 4.43 Å². The quantitative estimate of drug-likeness (QED) is 0.476. The molecule has 0 heterocycles. The third-order valence-electron chi connectivity index (χ3n) is 4.59. The van der Waals surface area contributed by atoms with Gasteiger partial charge in [-0.1, -0.05) is 78.9 Å². The topological polar surface area (TPSA) is 9.23 Å². The molecule has 2 aromatic rings. The summed E-state index contributed by atoms with van der Waals surface area (Å²) >= 11 is 2.46. The molecule has 124 valence electrons. The second kappa shape index (κ2) is 8.27. The van der Waals surface area contributed by atoms with Gasteiger partial charge >= 0.3 is 0 Å². The van der Waals surface area contributed by atoms with Crippen molar-refractivity contribution >= 4 is 41.3 Å². The molecule has 1 aliphatic carbocycles. The molecule has 0 fully saturated rings. The Kier molecular flexibility index (Phi) is 6.08. The van der Waals surface area contributed by atoms with Gasteiger partial charge in [0.25, 0.3) is 8.32 Å². The van der Waals surface area contributed by atoms with Crippen LogP contribution in [-0.2, 0) is 4.43 Å². The van der Waals surface area contributed by atoms with E-state index in [1.165, 1.54) is 26.8 Å². The van der Waals surface area contributed by atoms with Gasteiger partial charge in [-0.05, 0) is 52.2 Å². The summed E-state index contributed by atoms with van der Waals surface area (Å²) in [5.41, 5.74) is 2.09. The first kappa shape index (κ1) is 17.6. The molecule has 0 bridgehead atoms. The zero-order valence-corrected chi connectivity index (χ0v) is 17.0. The summed E-state index contributed by atoms with van der Waals surface area (Å²) in [6.45, 7) is 4.21. The SMILES string of the molecule is C=C[Si](OC1CCCCC=C1I)(c1ccccc1)c1ccccc1. The molecule has 0 N–H and O–H groups in total. The maximum absolute atomic E-state index is 6.94. The first-order valence-corrected chi connectivity index (χ1v) is 11.6. The van der Waals surface area contributed by atoms with Crippen LogP contribution in [0, 0.1) is 0 Å². The second-order valence-corrected chi connectivity index (χ2v) is 10.7. The minimum atomic E-state index is -2.46. The van der Waals surface area contributed by atoms with Crippen LogP contribution in [0.15, 0.2) is 82.6 Å². The smallest absolute Gasteiger partial charge is 0.280 e. The van der Waals surface area contributed by atoms with E-state index in [9.17, 15) is 0 Å². The van der Waals surface area contributed by atoms with Crippen molar-refractivity contribution in [2.75, 3.05) is 0 Å². The predicted molar refractivity (Wildman–Crippen MR) is 114 cm³/mol. The lowest BCUT2D eigenvalue weighted by Gasteiger charge is -2.33. The van der Waals surface area contributed by atoms with Crippen LogP contribution in [0.5, 0.6) is 0 Å². The largest absolute Gasteiger partial charge is 0.397 e. The minimum absolute atomic E-state index is 0.179. The molecule has 1 unspecified atom stereocenters. The zero-order valence-electron chi connectivity index (χ0n) is 13.8. The zero-order chi connectivity index (χ0) is 16.8. The molecule has 0 spiro atoms. The lowest BCUT2D eigenvalue weighted by Crippen LogP contribution is -2.61. The van der Waals surface area contributed by atoms with Crippen molar-refractivity contribution in [2.24, 2.45) is 0 Å². The van der Waals surface area contributed by atoms with Gasteiger partial charge in [-0.25, -0.2) is 0 Å². The number of benzene rings is 2. The van der Waals surface area contributed by atoms with Crippen molar-refractivity contribution in [2.45, 2.75) is 31.8 Å². The standard InChI is InChI=1S/C21H23IOSi/c1-2-24(18-12-6-3-7-13-18,19-14-8-4-9-15-19)23-21-17-11-5-10-16-20(21)22/h2-4,6-9,12-16,21H,1,5,10-11,17H2. The molecule has 3 heteroatoms. The van der Waals surface area contributed by atoms with Crippen molar-refractivity contribution in [1.82, 2.24) is 0 Å². The third kappa shape index (κ3) is 3.73. The van der Waals surface area contributed by atoms with E-state index in [0.29, 0.717) is 0 Å². The fourth-order valence-corrected chi connectivity index (χ4v) is 7.51. The Morgan fingerprint density at radius 3 is 2.08 bits per heavy atom. The van der Waals surface area contributed by atoms with Crippen LogP contribution in [0.2, 0.25) is 0 Å². The first-order valence-electron chi connectivity index (χ1n) is 8.54. The number of halogens is 1. The van der Waals surface area contributed by atoms with Gasteiger partial charge < -0.3 is 4.43 Å². The number of hydrogen-bond acceptors (Lipinski definition) is 1. The molecule has 3 rings (SSSR count). The maximum Gasteiger partial charge on any atom is 0.280 e. The molecular formula is C21H23IOSi. The highest BCUT2D eigenvalue weighted by atomic mass is 127. The van der Waals surface area contributed by atoms with Gasteiger partial charge in [-0.2, -0.15) is 0 Å². The first-order chi connectivity index (χ1) is 11.8. The van der Waals surface area contributed by atoms with E-state index < -0.39 is 8.32 Å². The van der Waals surface area contributed by atoms with Crippen molar-refractivity contribution in [3.05, 3.63) is 82.6 Å². The van der Waals surface area contributed by atoms with Crippen molar-refractivity contribution in [3.63, 3.8) is 0 Å². The average molecular weight is 446 g/mol. The molecule has 24 heavy (non-hydrogen) atoms. The van der Waals surface area contributed by atoms with E-state index in [1.54, 1.807) is 0 Å². The minimum Gasteiger partial charge on any atom is -0.397 e. The number of hydrogen-bond donors (Lipinski definition) is 0. The highest BCUT2D eigenvalue weighted by Gasteiger charge is 2.39. The molecule has 0 aliphatic heterocycles. The molecule has 1 nitrogen and oxygen atoms in total. The fraction of sp³-hybridized carbons (Fsp3) is 0.238. The summed E-state index contributed by atoms with van der Waals surface area (Å²) in [4.78, 5) is 0. The van der Waals surface area contributed by atoms with Crippen LogP contribution in [0.25, 0.3) is 0 Å². The monoisotopic (exact) mass is 446 g/mol. The lowest BCUT2D eigenvalue weighted by molar-refractivity contribution is 0.237. The van der Waals surface area contributed by atoms with E-state index >= 15 is 0 Å². The lowest BCUT2D eigenvalue weighted by atomic mass is 10.2. The Bertz CT molecular complexity index is 657. The van der Waals surface area contributed by atoms with E-state index in [1.807, 2.05) is 0 Å². The molecule has 0 saturated carbocycles. The summed E-state index contributed by atoms with van der Waals surface area (Å²) in [7, 11) is -2.46. The van der Waals surface area contributed by atoms with Gasteiger partial charge in [0.15, 0.2) is 0 Å². The molecular weight excluding hydrogens is 423 g/mol. The van der Waals surface area contributed by atoms with Gasteiger partial charge in [0, 0.05) is 3.58 Å². The van der Waals surface area contributed by atoms with Crippen molar-refractivity contribution in [1.29, 1.82) is 0 Å². The van der Waals surface area contributed by atoms with Crippen LogP contribution >= 0.6 is 22.6 Å². The normalized spacial score (nSPS) is 18.5. The molecule has 1 aliphatic rings. The molecule has 0 amide bonds. The number of allylic oxidation sites excluding steroid dienone is 1. The van der Waals surface area contributed by atoms with Crippen LogP contribution in [0.1, 0.15) is 25.7 Å². The van der Waals surface area contributed by atoms with Gasteiger partial charge in [0.2, 0.25) is 0 Å². The van der Waals surface area contributed by atoms with Gasteiger partial charge in [-0.3, -0.25) is 0 Å². The maximum atomic E-state index is 6.94. The van der Waals surface area contributed by atoms with Gasteiger partial charge in [-0.15, -0.1) is 6.58 Å². The Labute approximate surface area is 159 Å². The predicted octanol–water partition coefficient (Wildman–Crippen LogP) is 4.75. The van der Waals surface area contributed by atoms with Crippen LogP contribution in [0.3, 0.4) is 0 Å². The van der Waals surface area contributed by atoms with Crippen LogP contribution < -0.4 is 10.4 Å². The van der Waals surface area contributed by atoms with Crippen molar-refractivity contribution < 1.29 is 4.43 Å². The highest BCUT2D eigenvalue weighted by molar-refractivity contribution is 14.1. The molecule has 2 aromatic carbocycles. The average Bonchev–Trinajstić information content (AvgIpc) is 2.85. The Morgan fingerprint density at radius 1 is 0.958 bits per heavy atom. The molecule has 0 aromatic heterocycles. The Morgan fingerprint density at radius 2 is 1.54 bits per heavy atom. The molecule has 0 saturated heterocycles. The highest BCUT2D eigenvalue weighted by Crippen LogP contribution is 2.28.